The van der Waals surface area contributed by atoms with Crippen molar-refractivity contribution >= 4 is 5.78 Å². The summed E-state index contributed by atoms with van der Waals surface area (Å²) in [6.07, 6.45) is 7.94. The lowest BCUT2D eigenvalue weighted by atomic mass is 9.47. The molecule has 0 radical (unpaired) electrons. The van der Waals surface area contributed by atoms with Crippen molar-refractivity contribution < 1.29 is 14.3 Å². The van der Waals surface area contributed by atoms with Gasteiger partial charge in [-0.15, -0.1) is 0 Å². The molecule has 0 unspecified atom stereocenters. The molecular formula is C20H26O3. The third-order valence-electron chi connectivity index (χ3n) is 6.95. The number of rotatable bonds is 0. The standard InChI is InChI=1S/C20H26O3/c1-18(2)9-5-10-19(3)14(18)7-6-12-15(19)16(21)17-13(8-11-23-17)20(12,4)22/h7-8,11-12,15,22H,5-6,9-10H2,1-4H3/t12-,15+,19+,20-/m1/s1. The molecule has 1 N–H and O–H groups in total. The third-order valence-corrected chi connectivity index (χ3v) is 6.95. The van der Waals surface area contributed by atoms with Crippen molar-refractivity contribution in [1.29, 1.82) is 0 Å². The van der Waals surface area contributed by atoms with E-state index in [1.807, 2.05) is 6.92 Å². The van der Waals surface area contributed by atoms with Crippen LogP contribution in [0.4, 0.5) is 0 Å². The van der Waals surface area contributed by atoms with E-state index in [0.717, 1.165) is 19.3 Å². The highest BCUT2D eigenvalue weighted by atomic mass is 16.3. The second kappa shape index (κ2) is 4.38. The minimum absolute atomic E-state index is 0.0669. The van der Waals surface area contributed by atoms with E-state index in [0.29, 0.717) is 11.3 Å². The van der Waals surface area contributed by atoms with Gasteiger partial charge in [-0.3, -0.25) is 4.79 Å². The first-order valence-corrected chi connectivity index (χ1v) is 8.75. The number of hydrogen-bond donors (Lipinski definition) is 1. The highest BCUT2D eigenvalue weighted by Gasteiger charge is 2.60. The van der Waals surface area contributed by atoms with Crippen LogP contribution in [0.3, 0.4) is 0 Å². The molecule has 4 rings (SSSR count). The maximum Gasteiger partial charge on any atom is 0.202 e. The summed E-state index contributed by atoms with van der Waals surface area (Å²) < 4.78 is 5.50. The average molecular weight is 314 g/mol. The van der Waals surface area contributed by atoms with Gasteiger partial charge < -0.3 is 9.52 Å². The maximum atomic E-state index is 13.2. The molecule has 3 aliphatic rings. The van der Waals surface area contributed by atoms with Gasteiger partial charge in [0.25, 0.3) is 0 Å². The van der Waals surface area contributed by atoms with Gasteiger partial charge in [-0.25, -0.2) is 0 Å². The third kappa shape index (κ3) is 1.77. The van der Waals surface area contributed by atoms with Gasteiger partial charge >= 0.3 is 0 Å². The molecule has 0 aromatic carbocycles. The Balaban J connectivity index is 1.91. The van der Waals surface area contributed by atoms with E-state index in [2.05, 4.69) is 26.8 Å². The number of allylic oxidation sites excluding steroid dienone is 2. The Labute approximate surface area is 137 Å². The van der Waals surface area contributed by atoms with Crippen LogP contribution >= 0.6 is 0 Å². The Morgan fingerprint density at radius 1 is 1.22 bits per heavy atom. The maximum absolute atomic E-state index is 13.2. The normalized spacial score (nSPS) is 41.6. The number of carbonyl (C=O) groups excluding carboxylic acids is 1. The Morgan fingerprint density at radius 2 is 1.96 bits per heavy atom. The molecule has 1 fully saturated rings. The summed E-state index contributed by atoms with van der Waals surface area (Å²) in [6, 6.07) is 1.76. The molecule has 3 aliphatic carbocycles. The van der Waals surface area contributed by atoms with E-state index in [1.54, 1.807) is 6.07 Å². The summed E-state index contributed by atoms with van der Waals surface area (Å²) >= 11 is 0. The molecule has 23 heavy (non-hydrogen) atoms. The molecule has 0 aliphatic heterocycles. The predicted octanol–water partition coefficient (Wildman–Crippen LogP) is 4.46. The summed E-state index contributed by atoms with van der Waals surface area (Å²) in [5.41, 5.74) is 1.04. The lowest BCUT2D eigenvalue weighted by molar-refractivity contribution is -0.0694. The van der Waals surface area contributed by atoms with Crippen LogP contribution in [0.2, 0.25) is 0 Å². The van der Waals surface area contributed by atoms with E-state index in [1.165, 1.54) is 18.3 Å². The zero-order chi connectivity index (χ0) is 16.6. The molecule has 3 heteroatoms. The van der Waals surface area contributed by atoms with Gasteiger partial charge in [0.1, 0.15) is 0 Å². The van der Waals surface area contributed by atoms with E-state index >= 15 is 0 Å². The quantitative estimate of drug-likeness (QED) is 0.719. The van der Waals surface area contributed by atoms with Gasteiger partial charge in [-0.05, 0) is 43.1 Å². The Bertz CT molecular complexity index is 706. The molecule has 124 valence electrons. The van der Waals surface area contributed by atoms with E-state index in [9.17, 15) is 9.90 Å². The lowest BCUT2D eigenvalue weighted by Crippen LogP contribution is -2.55. The van der Waals surface area contributed by atoms with Gasteiger partial charge in [0, 0.05) is 17.4 Å². The first kappa shape index (κ1) is 15.2. The summed E-state index contributed by atoms with van der Waals surface area (Å²) in [4.78, 5) is 13.2. The highest BCUT2D eigenvalue weighted by Crippen LogP contribution is 2.63. The van der Waals surface area contributed by atoms with Gasteiger partial charge in [0.2, 0.25) is 5.78 Å². The van der Waals surface area contributed by atoms with Crippen LogP contribution in [0.25, 0.3) is 0 Å². The van der Waals surface area contributed by atoms with Gasteiger partial charge in [0.05, 0.1) is 11.9 Å². The molecule has 0 amide bonds. The Kier molecular flexibility index (Phi) is 2.90. The molecule has 4 atom stereocenters. The first-order valence-electron chi connectivity index (χ1n) is 8.75. The van der Waals surface area contributed by atoms with Crippen LogP contribution in [-0.2, 0) is 5.60 Å². The smallest absolute Gasteiger partial charge is 0.202 e. The minimum Gasteiger partial charge on any atom is -0.461 e. The van der Waals surface area contributed by atoms with Crippen molar-refractivity contribution in [1.82, 2.24) is 0 Å². The topological polar surface area (TPSA) is 50.4 Å². The average Bonchev–Trinajstić information content (AvgIpc) is 2.94. The summed E-state index contributed by atoms with van der Waals surface area (Å²) in [5.74, 6) is 0.216. The number of ketones is 1. The molecule has 0 saturated heterocycles. The van der Waals surface area contributed by atoms with Crippen LogP contribution in [-0.4, -0.2) is 10.9 Å². The predicted molar refractivity (Wildman–Crippen MR) is 88.0 cm³/mol. The van der Waals surface area contributed by atoms with Crippen LogP contribution in [0.1, 0.15) is 69.5 Å². The molecule has 3 nitrogen and oxygen atoms in total. The van der Waals surface area contributed by atoms with Crippen molar-refractivity contribution in [2.24, 2.45) is 22.7 Å². The monoisotopic (exact) mass is 314 g/mol. The first-order chi connectivity index (χ1) is 10.7. The highest BCUT2D eigenvalue weighted by molar-refractivity contribution is 5.99. The van der Waals surface area contributed by atoms with Gasteiger partial charge in [-0.2, -0.15) is 0 Å². The van der Waals surface area contributed by atoms with Crippen LogP contribution in [0.5, 0.6) is 0 Å². The molecule has 1 aromatic rings. The summed E-state index contributed by atoms with van der Waals surface area (Å²) in [6.45, 7) is 8.67. The summed E-state index contributed by atoms with van der Waals surface area (Å²) in [5, 5.41) is 11.2. The zero-order valence-corrected chi connectivity index (χ0v) is 14.5. The number of Topliss-reactive ketones (excluding diaryl/α,β-unsaturated/α-hetero) is 1. The number of hydrogen-bond acceptors (Lipinski definition) is 3. The van der Waals surface area contributed by atoms with Crippen molar-refractivity contribution in [3.05, 3.63) is 35.3 Å². The van der Waals surface area contributed by atoms with Gasteiger partial charge in [-0.1, -0.05) is 38.8 Å². The lowest BCUT2D eigenvalue weighted by Gasteiger charge is -2.57. The fraction of sp³-hybridized carbons (Fsp3) is 0.650. The zero-order valence-electron chi connectivity index (χ0n) is 14.5. The SMILES string of the molecule is CC1(C)CCC[C@@]2(C)C1=CC[C@@H]1[C@H]2C(=O)c2occc2[C@]1(C)O. The molecular weight excluding hydrogens is 288 g/mol. The second-order valence-corrected chi connectivity index (χ2v) is 8.77. The second-order valence-electron chi connectivity index (χ2n) is 8.77. The van der Waals surface area contributed by atoms with Crippen molar-refractivity contribution in [2.75, 3.05) is 0 Å². The van der Waals surface area contributed by atoms with Gasteiger partial charge in [0.15, 0.2) is 5.76 Å². The number of aliphatic hydroxyl groups is 1. The molecule has 1 heterocycles. The molecule has 1 aromatic heterocycles. The fourth-order valence-electron chi connectivity index (χ4n) is 5.86. The number of fused-ring (bicyclic) bond motifs is 4. The molecule has 0 spiro atoms. The molecule has 1 saturated carbocycles. The van der Waals surface area contributed by atoms with E-state index < -0.39 is 5.60 Å². The number of furan rings is 1. The van der Waals surface area contributed by atoms with Crippen molar-refractivity contribution in [3.63, 3.8) is 0 Å². The minimum atomic E-state index is -1.01. The van der Waals surface area contributed by atoms with E-state index in [-0.39, 0.29) is 28.4 Å². The van der Waals surface area contributed by atoms with Crippen LogP contribution in [0.15, 0.2) is 28.4 Å². The molecule has 0 bridgehead atoms. The number of carbonyl (C=O) groups is 1. The Hall–Kier alpha value is -1.35. The fourth-order valence-corrected chi connectivity index (χ4v) is 5.86. The van der Waals surface area contributed by atoms with Crippen molar-refractivity contribution in [2.45, 2.75) is 59.0 Å². The van der Waals surface area contributed by atoms with Crippen LogP contribution < -0.4 is 0 Å². The summed E-state index contributed by atoms with van der Waals surface area (Å²) in [7, 11) is 0. The Morgan fingerprint density at radius 3 is 2.70 bits per heavy atom. The largest absolute Gasteiger partial charge is 0.461 e. The van der Waals surface area contributed by atoms with Crippen molar-refractivity contribution in [3.8, 4) is 0 Å². The van der Waals surface area contributed by atoms with E-state index in [4.69, 9.17) is 4.42 Å². The van der Waals surface area contributed by atoms with Crippen LogP contribution in [0, 0.1) is 22.7 Å².